The number of halogens is 1. The maximum Gasteiger partial charge on any atom is 0.205 e. The van der Waals surface area contributed by atoms with E-state index < -0.39 is 0 Å². The molecule has 1 aliphatic heterocycles. The maximum absolute atomic E-state index is 13.0. The first kappa shape index (κ1) is 19.4. The lowest BCUT2D eigenvalue weighted by Gasteiger charge is -2.31. The minimum absolute atomic E-state index is 0.212. The highest BCUT2D eigenvalue weighted by Crippen LogP contribution is 2.23. The standard InChI is InChI=1S/C20H24FN5S2/c1-14-23-18(13-27-14)12-26-8-6-16(7-9-26)11-22-20-25-24-19(28-20)10-15-2-4-17(21)5-3-15/h2-5,13,16H,6-12H2,1H3,(H,22,25). The number of benzene rings is 1. The van der Waals surface area contributed by atoms with Gasteiger partial charge in [-0.25, -0.2) is 9.37 Å². The van der Waals surface area contributed by atoms with Gasteiger partial charge < -0.3 is 5.32 Å². The van der Waals surface area contributed by atoms with E-state index >= 15 is 0 Å². The number of likely N-dealkylation sites (tertiary alicyclic amines) is 1. The maximum atomic E-state index is 13.0. The fourth-order valence-corrected chi connectivity index (χ4v) is 4.85. The Morgan fingerprint density at radius 1 is 1.18 bits per heavy atom. The largest absolute Gasteiger partial charge is 0.360 e. The highest BCUT2D eigenvalue weighted by molar-refractivity contribution is 7.15. The Kier molecular flexibility index (Phi) is 6.29. The molecule has 0 amide bonds. The normalized spacial score (nSPS) is 15.8. The predicted molar refractivity (Wildman–Crippen MR) is 112 cm³/mol. The van der Waals surface area contributed by atoms with Crippen LogP contribution in [0.2, 0.25) is 0 Å². The molecule has 1 saturated heterocycles. The number of aryl methyl sites for hydroxylation is 1. The summed E-state index contributed by atoms with van der Waals surface area (Å²) in [6, 6.07) is 6.56. The van der Waals surface area contributed by atoms with Crippen molar-refractivity contribution >= 4 is 27.8 Å². The Labute approximate surface area is 172 Å². The van der Waals surface area contributed by atoms with Crippen molar-refractivity contribution in [2.24, 2.45) is 5.92 Å². The quantitative estimate of drug-likeness (QED) is 0.619. The first-order valence-electron chi connectivity index (χ1n) is 9.58. The molecule has 5 nitrogen and oxygen atoms in total. The smallest absolute Gasteiger partial charge is 0.205 e. The molecule has 0 bridgehead atoms. The van der Waals surface area contributed by atoms with Crippen LogP contribution in [0.5, 0.6) is 0 Å². The first-order valence-corrected chi connectivity index (χ1v) is 11.3. The van der Waals surface area contributed by atoms with Gasteiger partial charge in [0.05, 0.1) is 10.7 Å². The van der Waals surface area contributed by atoms with Crippen molar-refractivity contribution in [2.75, 3.05) is 25.0 Å². The van der Waals surface area contributed by atoms with E-state index in [4.69, 9.17) is 0 Å². The van der Waals surface area contributed by atoms with Crippen LogP contribution in [0.4, 0.5) is 9.52 Å². The summed E-state index contributed by atoms with van der Waals surface area (Å²) >= 11 is 3.31. The van der Waals surface area contributed by atoms with E-state index in [-0.39, 0.29) is 5.82 Å². The van der Waals surface area contributed by atoms with Crippen molar-refractivity contribution in [2.45, 2.75) is 32.7 Å². The molecule has 148 valence electrons. The van der Waals surface area contributed by atoms with Gasteiger partial charge in [0, 0.05) is 24.9 Å². The Morgan fingerprint density at radius 3 is 2.68 bits per heavy atom. The lowest BCUT2D eigenvalue weighted by atomic mass is 9.97. The summed E-state index contributed by atoms with van der Waals surface area (Å²) < 4.78 is 13.0. The highest BCUT2D eigenvalue weighted by Gasteiger charge is 2.20. The third kappa shape index (κ3) is 5.33. The second-order valence-corrected chi connectivity index (χ2v) is 9.39. The molecule has 0 spiro atoms. The molecule has 1 N–H and O–H groups in total. The highest BCUT2D eigenvalue weighted by atomic mass is 32.1. The monoisotopic (exact) mass is 417 g/mol. The Morgan fingerprint density at radius 2 is 1.96 bits per heavy atom. The molecule has 1 fully saturated rings. The number of nitrogens with zero attached hydrogens (tertiary/aromatic N) is 4. The lowest BCUT2D eigenvalue weighted by Crippen LogP contribution is -2.35. The van der Waals surface area contributed by atoms with E-state index in [0.29, 0.717) is 12.3 Å². The summed E-state index contributed by atoms with van der Waals surface area (Å²) in [5.41, 5.74) is 2.24. The fourth-order valence-electron chi connectivity index (χ4n) is 3.46. The molecular formula is C20H24FN5S2. The van der Waals surface area contributed by atoms with Gasteiger partial charge in [0.1, 0.15) is 10.8 Å². The molecule has 0 unspecified atom stereocenters. The molecule has 1 aromatic carbocycles. The number of aromatic nitrogens is 3. The summed E-state index contributed by atoms with van der Waals surface area (Å²) in [5.74, 6) is 0.453. The zero-order valence-electron chi connectivity index (χ0n) is 15.9. The van der Waals surface area contributed by atoms with Crippen LogP contribution in [0.3, 0.4) is 0 Å². The fraction of sp³-hybridized carbons (Fsp3) is 0.450. The van der Waals surface area contributed by atoms with E-state index in [1.165, 1.54) is 30.7 Å². The van der Waals surface area contributed by atoms with Crippen LogP contribution in [0.1, 0.15) is 34.1 Å². The minimum Gasteiger partial charge on any atom is -0.360 e. The van der Waals surface area contributed by atoms with E-state index in [2.05, 4.69) is 37.7 Å². The zero-order valence-corrected chi connectivity index (χ0v) is 17.5. The van der Waals surface area contributed by atoms with Crippen molar-refractivity contribution in [3.05, 3.63) is 56.7 Å². The third-order valence-corrected chi connectivity index (χ3v) is 6.74. The summed E-state index contributed by atoms with van der Waals surface area (Å²) in [4.78, 5) is 7.07. The van der Waals surface area contributed by atoms with Crippen LogP contribution in [0.25, 0.3) is 0 Å². The van der Waals surface area contributed by atoms with Gasteiger partial charge >= 0.3 is 0 Å². The molecule has 0 atom stereocenters. The van der Waals surface area contributed by atoms with E-state index in [0.717, 1.165) is 46.9 Å². The Bertz CT molecular complexity index is 884. The molecule has 4 rings (SSSR count). The van der Waals surface area contributed by atoms with Gasteiger partial charge in [-0.3, -0.25) is 4.90 Å². The Hall–Kier alpha value is -1.90. The predicted octanol–water partition coefficient (Wildman–Crippen LogP) is 4.36. The molecule has 0 saturated carbocycles. The second-order valence-electron chi connectivity index (χ2n) is 7.26. The van der Waals surface area contributed by atoms with Crippen LogP contribution in [-0.4, -0.2) is 39.7 Å². The van der Waals surface area contributed by atoms with Crippen molar-refractivity contribution in [3.8, 4) is 0 Å². The lowest BCUT2D eigenvalue weighted by molar-refractivity contribution is 0.181. The molecular weight excluding hydrogens is 393 g/mol. The van der Waals surface area contributed by atoms with Crippen molar-refractivity contribution in [1.82, 2.24) is 20.1 Å². The molecule has 28 heavy (non-hydrogen) atoms. The molecule has 8 heteroatoms. The van der Waals surface area contributed by atoms with Gasteiger partial charge in [-0.1, -0.05) is 23.5 Å². The van der Waals surface area contributed by atoms with Gasteiger partial charge in [0.15, 0.2) is 0 Å². The Balaban J connectivity index is 1.20. The molecule has 3 aromatic rings. The van der Waals surface area contributed by atoms with Crippen LogP contribution in [-0.2, 0) is 13.0 Å². The van der Waals surface area contributed by atoms with Crippen molar-refractivity contribution < 1.29 is 4.39 Å². The zero-order chi connectivity index (χ0) is 19.3. The summed E-state index contributed by atoms with van der Waals surface area (Å²) in [5, 5.41) is 17.1. The van der Waals surface area contributed by atoms with E-state index in [9.17, 15) is 4.39 Å². The molecule has 0 radical (unpaired) electrons. The van der Waals surface area contributed by atoms with E-state index in [1.54, 1.807) is 34.8 Å². The summed E-state index contributed by atoms with van der Waals surface area (Å²) in [6.07, 6.45) is 3.07. The first-order chi connectivity index (χ1) is 13.6. The van der Waals surface area contributed by atoms with Gasteiger partial charge in [0.2, 0.25) is 5.13 Å². The number of anilines is 1. The number of rotatable bonds is 7. The number of piperidine rings is 1. The molecule has 3 heterocycles. The van der Waals surface area contributed by atoms with Crippen LogP contribution in [0.15, 0.2) is 29.6 Å². The van der Waals surface area contributed by atoms with Crippen LogP contribution < -0.4 is 5.32 Å². The number of hydrogen-bond acceptors (Lipinski definition) is 7. The molecule has 0 aliphatic carbocycles. The SMILES string of the molecule is Cc1nc(CN2CCC(CNc3nnc(Cc4ccc(F)cc4)s3)CC2)cs1. The summed E-state index contributed by atoms with van der Waals surface area (Å²) in [6.45, 7) is 6.21. The summed E-state index contributed by atoms with van der Waals surface area (Å²) in [7, 11) is 0. The number of thiazole rings is 1. The van der Waals surface area contributed by atoms with E-state index in [1.807, 2.05) is 0 Å². The molecule has 2 aromatic heterocycles. The van der Waals surface area contributed by atoms with Gasteiger partial charge in [-0.2, -0.15) is 0 Å². The molecule has 1 aliphatic rings. The van der Waals surface area contributed by atoms with Crippen molar-refractivity contribution in [3.63, 3.8) is 0 Å². The van der Waals surface area contributed by atoms with Gasteiger partial charge in [0.25, 0.3) is 0 Å². The topological polar surface area (TPSA) is 53.9 Å². The van der Waals surface area contributed by atoms with Gasteiger partial charge in [-0.15, -0.1) is 21.5 Å². The third-order valence-electron chi connectivity index (χ3n) is 5.04. The van der Waals surface area contributed by atoms with Crippen LogP contribution >= 0.6 is 22.7 Å². The van der Waals surface area contributed by atoms with Crippen LogP contribution in [0, 0.1) is 18.7 Å². The average Bonchev–Trinajstić information content (AvgIpc) is 3.32. The minimum atomic E-state index is -0.212. The second kappa shape index (κ2) is 9.07. The number of nitrogens with one attached hydrogen (secondary N) is 1. The number of hydrogen-bond donors (Lipinski definition) is 1. The average molecular weight is 418 g/mol. The van der Waals surface area contributed by atoms with Gasteiger partial charge in [-0.05, 0) is 56.5 Å². The van der Waals surface area contributed by atoms with Crippen molar-refractivity contribution in [1.29, 1.82) is 0 Å².